The number of carbonyl (C=O) groups excluding carboxylic acids is 1. The molecule has 0 saturated carbocycles. The second kappa shape index (κ2) is 7.32. The molecule has 0 fully saturated rings. The average Bonchev–Trinajstić information content (AvgIpc) is 2.35. The highest BCUT2D eigenvalue weighted by molar-refractivity contribution is 5.77. The summed E-state index contributed by atoms with van der Waals surface area (Å²) in [6.07, 6.45) is 0.452. The lowest BCUT2D eigenvalue weighted by Crippen LogP contribution is -2.36. The monoisotopic (exact) mass is 251 g/mol. The lowest BCUT2D eigenvalue weighted by Gasteiger charge is -2.13. The number of aliphatic carboxylic acids is 1. The first-order valence-corrected chi connectivity index (χ1v) is 5.77. The second-order valence-electron chi connectivity index (χ2n) is 4.00. The Balaban J connectivity index is 2.23. The normalized spacial score (nSPS) is 11.6. The van der Waals surface area contributed by atoms with Crippen molar-refractivity contribution in [2.45, 2.75) is 25.8 Å². The van der Waals surface area contributed by atoms with Crippen LogP contribution < -0.4 is 10.1 Å². The molecule has 0 heterocycles. The van der Waals surface area contributed by atoms with E-state index in [9.17, 15) is 9.59 Å². The molecule has 5 nitrogen and oxygen atoms in total. The number of amides is 1. The van der Waals surface area contributed by atoms with Gasteiger partial charge in [0, 0.05) is 12.5 Å². The van der Waals surface area contributed by atoms with Gasteiger partial charge >= 0.3 is 5.97 Å². The molecule has 1 atom stereocenters. The molecule has 0 radical (unpaired) electrons. The number of hydrogen-bond acceptors (Lipinski definition) is 3. The first-order valence-electron chi connectivity index (χ1n) is 5.77. The van der Waals surface area contributed by atoms with Gasteiger partial charge in [-0.05, 0) is 25.5 Å². The van der Waals surface area contributed by atoms with Crippen LogP contribution in [-0.4, -0.2) is 29.6 Å². The van der Waals surface area contributed by atoms with Crippen LogP contribution in [0.3, 0.4) is 0 Å². The summed E-state index contributed by atoms with van der Waals surface area (Å²) in [7, 11) is 0. The van der Waals surface area contributed by atoms with Gasteiger partial charge in [-0.1, -0.05) is 18.2 Å². The van der Waals surface area contributed by atoms with Crippen LogP contribution in [-0.2, 0) is 9.59 Å². The van der Waals surface area contributed by atoms with Crippen molar-refractivity contribution in [3.8, 4) is 5.75 Å². The molecule has 1 rings (SSSR count). The molecule has 2 N–H and O–H groups in total. The van der Waals surface area contributed by atoms with E-state index in [-0.39, 0.29) is 25.0 Å². The Morgan fingerprint density at radius 3 is 2.61 bits per heavy atom. The molecule has 0 aliphatic rings. The number of rotatable bonds is 7. The topological polar surface area (TPSA) is 75.6 Å². The van der Waals surface area contributed by atoms with Crippen molar-refractivity contribution in [1.29, 1.82) is 0 Å². The fourth-order valence-corrected chi connectivity index (χ4v) is 1.39. The van der Waals surface area contributed by atoms with Crippen molar-refractivity contribution in [3.63, 3.8) is 0 Å². The molecule has 1 amide bonds. The highest BCUT2D eigenvalue weighted by Crippen LogP contribution is 2.07. The molecule has 1 unspecified atom stereocenters. The van der Waals surface area contributed by atoms with Gasteiger partial charge in [0.15, 0.2) is 6.61 Å². The molecule has 0 aromatic heterocycles. The molecular formula is C13H17NO4. The van der Waals surface area contributed by atoms with Crippen molar-refractivity contribution < 1.29 is 19.4 Å². The van der Waals surface area contributed by atoms with Crippen molar-refractivity contribution in [2.75, 3.05) is 6.61 Å². The first-order chi connectivity index (χ1) is 8.58. The number of benzene rings is 1. The van der Waals surface area contributed by atoms with Crippen molar-refractivity contribution >= 4 is 11.9 Å². The van der Waals surface area contributed by atoms with E-state index >= 15 is 0 Å². The molecule has 1 aromatic rings. The molecule has 18 heavy (non-hydrogen) atoms. The van der Waals surface area contributed by atoms with Gasteiger partial charge in [0.1, 0.15) is 5.75 Å². The Hall–Kier alpha value is -2.04. The maximum Gasteiger partial charge on any atom is 0.303 e. The van der Waals surface area contributed by atoms with E-state index < -0.39 is 5.97 Å². The Morgan fingerprint density at radius 1 is 1.33 bits per heavy atom. The number of nitrogens with one attached hydrogen (secondary N) is 1. The van der Waals surface area contributed by atoms with E-state index in [0.717, 1.165) is 0 Å². The minimum atomic E-state index is -0.864. The van der Waals surface area contributed by atoms with Gasteiger partial charge in [-0.25, -0.2) is 0 Å². The summed E-state index contributed by atoms with van der Waals surface area (Å²) in [4.78, 5) is 21.9. The largest absolute Gasteiger partial charge is 0.484 e. The third kappa shape index (κ3) is 5.89. The molecule has 98 valence electrons. The highest BCUT2D eigenvalue weighted by Gasteiger charge is 2.09. The standard InChI is InChI=1S/C13H17NO4/c1-10(7-8-13(16)17)14-12(15)9-18-11-5-3-2-4-6-11/h2-6,10H,7-9H2,1H3,(H,14,15)(H,16,17). The Kier molecular flexibility index (Phi) is 5.70. The van der Waals surface area contributed by atoms with E-state index in [1.54, 1.807) is 19.1 Å². The van der Waals surface area contributed by atoms with Gasteiger partial charge in [-0.2, -0.15) is 0 Å². The second-order valence-corrected chi connectivity index (χ2v) is 4.00. The molecule has 0 spiro atoms. The number of hydrogen-bond donors (Lipinski definition) is 2. The first kappa shape index (κ1) is 14.0. The molecule has 5 heteroatoms. The lowest BCUT2D eigenvalue weighted by atomic mass is 10.2. The van der Waals surface area contributed by atoms with Gasteiger partial charge in [-0.3, -0.25) is 9.59 Å². The Morgan fingerprint density at radius 2 is 2.00 bits per heavy atom. The van der Waals surface area contributed by atoms with Crippen LogP contribution in [0, 0.1) is 0 Å². The zero-order valence-corrected chi connectivity index (χ0v) is 10.3. The number of ether oxygens (including phenoxy) is 1. The van der Waals surface area contributed by atoms with Crippen LogP contribution >= 0.6 is 0 Å². The summed E-state index contributed by atoms with van der Waals surface area (Å²) in [6, 6.07) is 8.86. The number of para-hydroxylation sites is 1. The molecular weight excluding hydrogens is 234 g/mol. The average molecular weight is 251 g/mol. The van der Waals surface area contributed by atoms with Gasteiger partial charge in [0.25, 0.3) is 5.91 Å². The summed E-state index contributed by atoms with van der Waals surface area (Å²) >= 11 is 0. The zero-order valence-electron chi connectivity index (χ0n) is 10.3. The fourth-order valence-electron chi connectivity index (χ4n) is 1.39. The van der Waals surface area contributed by atoms with Gasteiger partial charge in [0.05, 0.1) is 0 Å². The lowest BCUT2D eigenvalue weighted by molar-refractivity contribution is -0.137. The van der Waals surface area contributed by atoms with Gasteiger partial charge in [0.2, 0.25) is 0 Å². The predicted octanol–water partition coefficient (Wildman–Crippen LogP) is 1.43. The van der Waals surface area contributed by atoms with Crippen LogP contribution in [0.15, 0.2) is 30.3 Å². The van der Waals surface area contributed by atoms with E-state index in [2.05, 4.69) is 5.32 Å². The van der Waals surface area contributed by atoms with E-state index in [1.807, 2.05) is 18.2 Å². The summed E-state index contributed by atoms with van der Waals surface area (Å²) in [5, 5.41) is 11.2. The zero-order chi connectivity index (χ0) is 13.4. The van der Waals surface area contributed by atoms with Crippen LogP contribution in [0.25, 0.3) is 0 Å². The number of carbonyl (C=O) groups is 2. The van der Waals surface area contributed by atoms with Crippen molar-refractivity contribution in [1.82, 2.24) is 5.32 Å². The Bertz CT molecular complexity index is 391. The van der Waals surface area contributed by atoms with Crippen LogP contribution in [0.5, 0.6) is 5.75 Å². The van der Waals surface area contributed by atoms with Crippen LogP contribution in [0.1, 0.15) is 19.8 Å². The molecule has 1 aromatic carbocycles. The minimum Gasteiger partial charge on any atom is -0.484 e. The highest BCUT2D eigenvalue weighted by atomic mass is 16.5. The molecule has 0 aliphatic carbocycles. The predicted molar refractivity (Wildman–Crippen MR) is 66.4 cm³/mol. The molecule has 0 bridgehead atoms. The summed E-state index contributed by atoms with van der Waals surface area (Å²) in [5.74, 6) is -0.487. The molecule has 0 saturated heterocycles. The summed E-state index contributed by atoms with van der Waals surface area (Å²) in [6.45, 7) is 1.70. The maximum absolute atomic E-state index is 11.5. The van der Waals surface area contributed by atoms with E-state index in [1.165, 1.54) is 0 Å². The Labute approximate surface area is 106 Å². The smallest absolute Gasteiger partial charge is 0.303 e. The maximum atomic E-state index is 11.5. The third-order valence-corrected chi connectivity index (χ3v) is 2.31. The van der Waals surface area contributed by atoms with Crippen molar-refractivity contribution in [2.24, 2.45) is 0 Å². The number of carboxylic acids is 1. The fraction of sp³-hybridized carbons (Fsp3) is 0.385. The van der Waals surface area contributed by atoms with Crippen LogP contribution in [0.4, 0.5) is 0 Å². The SMILES string of the molecule is CC(CCC(=O)O)NC(=O)COc1ccccc1. The van der Waals surface area contributed by atoms with E-state index in [0.29, 0.717) is 12.2 Å². The van der Waals surface area contributed by atoms with Crippen LogP contribution in [0.2, 0.25) is 0 Å². The number of carboxylic acid groups (broad SMARTS) is 1. The minimum absolute atomic E-state index is 0.0426. The van der Waals surface area contributed by atoms with Gasteiger partial charge in [-0.15, -0.1) is 0 Å². The summed E-state index contributed by atoms with van der Waals surface area (Å²) < 4.78 is 5.27. The van der Waals surface area contributed by atoms with Gasteiger partial charge < -0.3 is 15.2 Å². The summed E-state index contributed by atoms with van der Waals surface area (Å²) in [5.41, 5.74) is 0. The molecule has 0 aliphatic heterocycles. The van der Waals surface area contributed by atoms with E-state index in [4.69, 9.17) is 9.84 Å². The quantitative estimate of drug-likeness (QED) is 0.768. The third-order valence-electron chi connectivity index (χ3n) is 2.31. The van der Waals surface area contributed by atoms with Crippen molar-refractivity contribution in [3.05, 3.63) is 30.3 Å².